The molecule has 0 atom stereocenters. The van der Waals surface area contributed by atoms with Crippen LogP contribution >= 0.6 is 0 Å². The highest BCUT2D eigenvalue weighted by Crippen LogP contribution is 2.14. The molecule has 0 unspecified atom stereocenters. The summed E-state index contributed by atoms with van der Waals surface area (Å²) in [5.41, 5.74) is 1.27. The third-order valence-electron chi connectivity index (χ3n) is 2.44. The van der Waals surface area contributed by atoms with Crippen molar-refractivity contribution < 1.29 is 14.3 Å². The zero-order chi connectivity index (χ0) is 12.8. The lowest BCUT2D eigenvalue weighted by Gasteiger charge is -2.07. The van der Waals surface area contributed by atoms with E-state index in [0.29, 0.717) is 11.3 Å². The lowest BCUT2D eigenvalue weighted by molar-refractivity contribution is 0.300. The summed E-state index contributed by atoms with van der Waals surface area (Å²) >= 11 is 0. The second-order valence-corrected chi connectivity index (χ2v) is 3.69. The monoisotopic (exact) mass is 245 g/mol. The number of hydrogen-bond acceptors (Lipinski definition) is 3. The van der Waals surface area contributed by atoms with E-state index in [1.54, 1.807) is 42.5 Å². The molecule has 18 heavy (non-hydrogen) atoms. The molecule has 0 fully saturated rings. The SMILES string of the molecule is O/N=C/c1ccc(OCc2ccccc2F)cc1. The van der Waals surface area contributed by atoms with Gasteiger partial charge in [0.25, 0.3) is 0 Å². The van der Waals surface area contributed by atoms with Gasteiger partial charge >= 0.3 is 0 Å². The van der Waals surface area contributed by atoms with Gasteiger partial charge in [0.15, 0.2) is 0 Å². The summed E-state index contributed by atoms with van der Waals surface area (Å²) in [4.78, 5) is 0. The number of benzene rings is 2. The number of ether oxygens (including phenoxy) is 1. The Balaban J connectivity index is 2.00. The predicted molar refractivity (Wildman–Crippen MR) is 66.6 cm³/mol. The highest BCUT2D eigenvalue weighted by molar-refractivity contribution is 5.79. The Morgan fingerprint density at radius 2 is 1.83 bits per heavy atom. The van der Waals surface area contributed by atoms with Crippen molar-refractivity contribution in [2.75, 3.05) is 0 Å². The van der Waals surface area contributed by atoms with Crippen molar-refractivity contribution in [1.29, 1.82) is 0 Å². The minimum Gasteiger partial charge on any atom is -0.489 e. The minimum atomic E-state index is -0.276. The van der Waals surface area contributed by atoms with Gasteiger partial charge in [0.2, 0.25) is 0 Å². The van der Waals surface area contributed by atoms with Gasteiger partial charge < -0.3 is 9.94 Å². The fourth-order valence-electron chi connectivity index (χ4n) is 1.49. The Bertz CT molecular complexity index is 538. The molecule has 0 bridgehead atoms. The van der Waals surface area contributed by atoms with E-state index in [1.807, 2.05) is 0 Å². The van der Waals surface area contributed by atoms with Crippen LogP contribution in [0.4, 0.5) is 4.39 Å². The summed E-state index contributed by atoms with van der Waals surface area (Å²) < 4.78 is 18.8. The molecule has 0 radical (unpaired) electrons. The maximum absolute atomic E-state index is 13.3. The molecule has 92 valence electrons. The Morgan fingerprint density at radius 1 is 1.11 bits per heavy atom. The summed E-state index contributed by atoms with van der Waals surface area (Å²) in [6, 6.07) is 13.5. The molecule has 0 saturated heterocycles. The molecule has 3 nitrogen and oxygen atoms in total. The maximum Gasteiger partial charge on any atom is 0.129 e. The maximum atomic E-state index is 13.3. The molecule has 0 aliphatic carbocycles. The lowest BCUT2D eigenvalue weighted by atomic mass is 10.2. The van der Waals surface area contributed by atoms with Gasteiger partial charge in [-0.15, -0.1) is 0 Å². The molecule has 0 aliphatic heterocycles. The smallest absolute Gasteiger partial charge is 0.129 e. The summed E-state index contributed by atoms with van der Waals surface area (Å²) in [5.74, 6) is 0.356. The summed E-state index contributed by atoms with van der Waals surface area (Å²) in [6.07, 6.45) is 1.32. The second-order valence-electron chi connectivity index (χ2n) is 3.69. The first-order valence-corrected chi connectivity index (χ1v) is 5.43. The number of nitrogens with zero attached hydrogens (tertiary/aromatic N) is 1. The summed E-state index contributed by atoms with van der Waals surface area (Å²) in [6.45, 7) is 0.181. The van der Waals surface area contributed by atoms with Crippen molar-refractivity contribution in [3.8, 4) is 5.75 Å². The van der Waals surface area contributed by atoms with Crippen LogP contribution in [0.25, 0.3) is 0 Å². The number of oxime groups is 1. The fourth-order valence-corrected chi connectivity index (χ4v) is 1.49. The molecule has 0 saturated carbocycles. The van der Waals surface area contributed by atoms with E-state index in [0.717, 1.165) is 5.56 Å². The predicted octanol–water partition coefficient (Wildman–Crippen LogP) is 3.21. The minimum absolute atomic E-state index is 0.181. The van der Waals surface area contributed by atoms with Gasteiger partial charge in [-0.25, -0.2) is 4.39 Å². The molecule has 0 aromatic heterocycles. The average molecular weight is 245 g/mol. The molecular weight excluding hydrogens is 233 g/mol. The van der Waals surface area contributed by atoms with Gasteiger partial charge in [-0.05, 0) is 35.9 Å². The van der Waals surface area contributed by atoms with Crippen molar-refractivity contribution in [2.24, 2.45) is 5.16 Å². The van der Waals surface area contributed by atoms with E-state index < -0.39 is 0 Å². The Labute approximate surface area is 104 Å². The van der Waals surface area contributed by atoms with E-state index in [4.69, 9.17) is 9.94 Å². The van der Waals surface area contributed by atoms with Crippen molar-refractivity contribution in [3.63, 3.8) is 0 Å². The van der Waals surface area contributed by atoms with Crippen LogP contribution in [0, 0.1) is 5.82 Å². The number of rotatable bonds is 4. The largest absolute Gasteiger partial charge is 0.489 e. The third kappa shape index (κ3) is 3.07. The van der Waals surface area contributed by atoms with E-state index in [2.05, 4.69) is 5.16 Å². The van der Waals surface area contributed by atoms with Crippen LogP contribution in [0.3, 0.4) is 0 Å². The zero-order valence-electron chi connectivity index (χ0n) is 9.58. The molecule has 0 aliphatic rings. The van der Waals surface area contributed by atoms with E-state index >= 15 is 0 Å². The molecule has 0 heterocycles. The lowest BCUT2D eigenvalue weighted by Crippen LogP contribution is -1.98. The first-order chi connectivity index (χ1) is 8.79. The second kappa shape index (κ2) is 5.82. The van der Waals surface area contributed by atoms with E-state index in [1.165, 1.54) is 12.3 Å². The molecular formula is C14H12FNO2. The normalized spacial score (nSPS) is 10.7. The number of hydrogen-bond donors (Lipinski definition) is 1. The van der Waals surface area contributed by atoms with Crippen molar-refractivity contribution in [1.82, 2.24) is 0 Å². The molecule has 2 aromatic rings. The highest BCUT2D eigenvalue weighted by Gasteiger charge is 2.01. The fraction of sp³-hybridized carbons (Fsp3) is 0.0714. The van der Waals surface area contributed by atoms with Gasteiger partial charge in [0, 0.05) is 5.56 Å². The zero-order valence-corrected chi connectivity index (χ0v) is 9.58. The average Bonchev–Trinajstić information content (AvgIpc) is 2.40. The first-order valence-electron chi connectivity index (χ1n) is 5.43. The topological polar surface area (TPSA) is 41.8 Å². The van der Waals surface area contributed by atoms with Crippen LogP contribution in [-0.2, 0) is 6.61 Å². The molecule has 2 rings (SSSR count). The highest BCUT2D eigenvalue weighted by atomic mass is 19.1. The van der Waals surface area contributed by atoms with Gasteiger partial charge in [-0.3, -0.25) is 0 Å². The number of halogens is 1. The molecule has 4 heteroatoms. The standard InChI is InChI=1S/C14H12FNO2/c15-14-4-2-1-3-12(14)10-18-13-7-5-11(6-8-13)9-16-17/h1-9,17H,10H2/b16-9+. The van der Waals surface area contributed by atoms with Gasteiger partial charge in [-0.2, -0.15) is 0 Å². The van der Waals surface area contributed by atoms with Crippen molar-refractivity contribution in [3.05, 3.63) is 65.5 Å². The van der Waals surface area contributed by atoms with E-state index in [9.17, 15) is 4.39 Å². The summed E-state index contributed by atoms with van der Waals surface area (Å²) in [7, 11) is 0. The van der Waals surface area contributed by atoms with Crippen LogP contribution in [0.2, 0.25) is 0 Å². The van der Waals surface area contributed by atoms with Gasteiger partial charge in [-0.1, -0.05) is 23.4 Å². The van der Waals surface area contributed by atoms with Gasteiger partial charge in [0.1, 0.15) is 18.2 Å². The van der Waals surface area contributed by atoms with Crippen LogP contribution in [0.15, 0.2) is 53.7 Å². The Morgan fingerprint density at radius 3 is 2.50 bits per heavy atom. The van der Waals surface area contributed by atoms with Crippen LogP contribution in [-0.4, -0.2) is 11.4 Å². The quantitative estimate of drug-likeness (QED) is 0.510. The van der Waals surface area contributed by atoms with Crippen molar-refractivity contribution >= 4 is 6.21 Å². The van der Waals surface area contributed by atoms with Gasteiger partial charge in [0.05, 0.1) is 6.21 Å². The molecule has 2 aromatic carbocycles. The first kappa shape index (κ1) is 12.1. The van der Waals surface area contributed by atoms with E-state index in [-0.39, 0.29) is 12.4 Å². The molecule has 0 spiro atoms. The third-order valence-corrected chi connectivity index (χ3v) is 2.44. The summed E-state index contributed by atoms with van der Waals surface area (Å²) in [5, 5.41) is 11.3. The Hall–Kier alpha value is -2.36. The van der Waals surface area contributed by atoms with Crippen LogP contribution < -0.4 is 4.74 Å². The Kier molecular flexibility index (Phi) is 3.91. The van der Waals surface area contributed by atoms with Crippen LogP contribution in [0.5, 0.6) is 5.75 Å². The molecule has 1 N–H and O–H groups in total. The van der Waals surface area contributed by atoms with Crippen molar-refractivity contribution in [2.45, 2.75) is 6.61 Å². The van der Waals surface area contributed by atoms with Crippen LogP contribution in [0.1, 0.15) is 11.1 Å². The molecule has 0 amide bonds.